The van der Waals surface area contributed by atoms with Crippen LogP contribution < -0.4 is 0 Å². The molecule has 0 fully saturated rings. The second kappa shape index (κ2) is 7.62. The molecule has 1 aromatic rings. The van der Waals surface area contributed by atoms with Crippen molar-refractivity contribution in [3.05, 3.63) is 29.8 Å². The van der Waals surface area contributed by atoms with E-state index in [1.165, 1.54) is 12.1 Å². The number of pyridine rings is 1. The summed E-state index contributed by atoms with van der Waals surface area (Å²) in [6.07, 6.45) is 1.89. The van der Waals surface area contributed by atoms with Gasteiger partial charge in [0.25, 0.3) is 0 Å². The van der Waals surface area contributed by atoms with Crippen molar-refractivity contribution in [2.75, 3.05) is 13.2 Å². The third kappa shape index (κ3) is 4.03. The average Bonchev–Trinajstić information content (AvgIpc) is 2.35. The van der Waals surface area contributed by atoms with Crippen LogP contribution in [-0.4, -0.2) is 34.6 Å². The Morgan fingerprint density at radius 2 is 1.88 bits per heavy atom. The summed E-state index contributed by atoms with van der Waals surface area (Å²) >= 11 is 0. The predicted molar refractivity (Wildman–Crippen MR) is 55.3 cm³/mol. The van der Waals surface area contributed by atoms with Gasteiger partial charge in [0.1, 0.15) is 5.82 Å². The number of aliphatic hydroxyl groups excluding tert-OH is 2. The molecule has 1 rings (SSSR count). The summed E-state index contributed by atoms with van der Waals surface area (Å²) in [6.45, 7) is 1.45. The van der Waals surface area contributed by atoms with Crippen LogP contribution in [0.5, 0.6) is 0 Å². The molecular weight excluding hydrogens is 229 g/mol. The number of hydrogen-bond acceptors (Lipinski definition) is 5. The van der Waals surface area contributed by atoms with Crippen molar-refractivity contribution < 1.29 is 24.2 Å². The maximum Gasteiger partial charge on any atom is 0.373 e. The minimum atomic E-state index is -0.756. The zero-order valence-corrected chi connectivity index (χ0v) is 9.39. The van der Waals surface area contributed by atoms with Crippen LogP contribution in [-0.2, 0) is 15.0 Å². The lowest BCUT2D eigenvalue weighted by molar-refractivity contribution is -0.191. The maximum atomic E-state index is 12.6. The van der Waals surface area contributed by atoms with E-state index in [0.29, 0.717) is 12.1 Å². The van der Waals surface area contributed by atoms with Gasteiger partial charge in [0, 0.05) is 0 Å². The van der Waals surface area contributed by atoms with Gasteiger partial charge in [0.05, 0.1) is 30.5 Å². The van der Waals surface area contributed by atoms with Crippen LogP contribution in [0.1, 0.15) is 19.0 Å². The normalized spacial score (nSPS) is 10.1. The van der Waals surface area contributed by atoms with Crippen LogP contribution in [0.4, 0.5) is 4.39 Å². The van der Waals surface area contributed by atoms with Crippen molar-refractivity contribution in [3.63, 3.8) is 0 Å². The SMILES string of the molecule is CCC(CO)(CO)c1ccc(F)cn1.O=C=O. The van der Waals surface area contributed by atoms with Crippen molar-refractivity contribution in [3.8, 4) is 0 Å². The topological polar surface area (TPSA) is 87.5 Å². The quantitative estimate of drug-likeness (QED) is 0.792. The molecule has 0 saturated carbocycles. The highest BCUT2D eigenvalue weighted by atomic mass is 19.1. The Morgan fingerprint density at radius 1 is 1.35 bits per heavy atom. The van der Waals surface area contributed by atoms with E-state index in [1.54, 1.807) is 0 Å². The molecule has 0 saturated heterocycles. The first-order chi connectivity index (χ1) is 8.10. The lowest BCUT2D eigenvalue weighted by Crippen LogP contribution is -2.35. The second-order valence-electron chi connectivity index (χ2n) is 3.40. The van der Waals surface area contributed by atoms with Crippen LogP contribution in [0.3, 0.4) is 0 Å². The fraction of sp³-hybridized carbons (Fsp3) is 0.455. The van der Waals surface area contributed by atoms with Crippen LogP contribution in [0.25, 0.3) is 0 Å². The molecule has 1 aromatic heterocycles. The van der Waals surface area contributed by atoms with Crippen molar-refractivity contribution in [1.82, 2.24) is 4.98 Å². The Hall–Kier alpha value is -1.62. The van der Waals surface area contributed by atoms with Gasteiger partial charge in [-0.3, -0.25) is 4.98 Å². The van der Waals surface area contributed by atoms with E-state index in [-0.39, 0.29) is 19.4 Å². The summed E-state index contributed by atoms with van der Waals surface area (Å²) in [4.78, 5) is 20.1. The van der Waals surface area contributed by atoms with E-state index in [1.807, 2.05) is 6.92 Å². The summed E-state index contributed by atoms with van der Waals surface area (Å²) in [5, 5.41) is 18.4. The Kier molecular flexibility index (Phi) is 6.89. The number of aromatic nitrogens is 1. The molecule has 0 aliphatic carbocycles. The molecule has 0 aromatic carbocycles. The van der Waals surface area contributed by atoms with Gasteiger partial charge in [-0.25, -0.2) is 4.39 Å². The average molecular weight is 243 g/mol. The molecule has 94 valence electrons. The van der Waals surface area contributed by atoms with E-state index in [0.717, 1.165) is 6.20 Å². The minimum Gasteiger partial charge on any atom is -0.395 e. The van der Waals surface area contributed by atoms with Gasteiger partial charge in [-0.2, -0.15) is 9.59 Å². The molecular formula is C11H14FNO4. The number of halogens is 1. The predicted octanol–water partition coefficient (Wildman–Crippen LogP) is 0.270. The lowest BCUT2D eigenvalue weighted by Gasteiger charge is -2.27. The standard InChI is InChI=1S/C10H14FNO2.CO2/c1-2-10(6-13,7-14)9-4-3-8(11)5-12-9;2-1-3/h3-5,13-14H,2,6-7H2,1H3;. The lowest BCUT2D eigenvalue weighted by atomic mass is 9.83. The van der Waals surface area contributed by atoms with Gasteiger partial charge in [-0.15, -0.1) is 0 Å². The molecule has 2 N–H and O–H groups in total. The van der Waals surface area contributed by atoms with Crippen molar-refractivity contribution in [1.29, 1.82) is 0 Å². The van der Waals surface area contributed by atoms with Crippen LogP contribution >= 0.6 is 0 Å². The monoisotopic (exact) mass is 243 g/mol. The van der Waals surface area contributed by atoms with E-state index in [4.69, 9.17) is 9.59 Å². The Balaban J connectivity index is 0.000000770. The Labute approximate surface area is 97.9 Å². The number of carbonyl (C=O) groups excluding carboxylic acids is 2. The molecule has 0 aliphatic heterocycles. The van der Waals surface area contributed by atoms with Gasteiger partial charge in [0.15, 0.2) is 0 Å². The molecule has 0 bridgehead atoms. The Bertz CT molecular complexity index is 348. The number of nitrogens with zero attached hydrogens (tertiary/aromatic N) is 1. The van der Waals surface area contributed by atoms with E-state index in [9.17, 15) is 14.6 Å². The maximum absolute atomic E-state index is 12.6. The van der Waals surface area contributed by atoms with Crippen LogP contribution in [0, 0.1) is 5.82 Å². The van der Waals surface area contributed by atoms with Crippen molar-refractivity contribution in [2.24, 2.45) is 0 Å². The minimum absolute atomic E-state index is 0.196. The second-order valence-corrected chi connectivity index (χ2v) is 3.40. The summed E-state index contributed by atoms with van der Waals surface area (Å²) in [7, 11) is 0. The highest BCUT2D eigenvalue weighted by molar-refractivity contribution is 5.20. The highest BCUT2D eigenvalue weighted by Crippen LogP contribution is 2.25. The number of aliphatic hydroxyl groups is 2. The molecule has 0 spiro atoms. The van der Waals surface area contributed by atoms with Gasteiger partial charge in [-0.1, -0.05) is 6.92 Å². The highest BCUT2D eigenvalue weighted by Gasteiger charge is 2.30. The van der Waals surface area contributed by atoms with E-state index in [2.05, 4.69) is 4.98 Å². The van der Waals surface area contributed by atoms with Crippen LogP contribution in [0.2, 0.25) is 0 Å². The summed E-state index contributed by atoms with van der Waals surface area (Å²) in [5.74, 6) is -0.422. The Morgan fingerprint density at radius 3 is 2.18 bits per heavy atom. The first kappa shape index (κ1) is 15.4. The fourth-order valence-corrected chi connectivity index (χ4v) is 1.31. The zero-order valence-electron chi connectivity index (χ0n) is 9.39. The molecule has 0 amide bonds. The molecule has 5 nitrogen and oxygen atoms in total. The molecule has 0 radical (unpaired) electrons. The summed E-state index contributed by atoms with van der Waals surface area (Å²) in [6, 6.07) is 2.77. The number of rotatable bonds is 4. The third-order valence-corrected chi connectivity index (χ3v) is 2.55. The van der Waals surface area contributed by atoms with Gasteiger partial charge >= 0.3 is 6.15 Å². The zero-order chi connectivity index (χ0) is 13.3. The van der Waals surface area contributed by atoms with Crippen molar-refractivity contribution in [2.45, 2.75) is 18.8 Å². The smallest absolute Gasteiger partial charge is 0.373 e. The first-order valence-corrected chi connectivity index (χ1v) is 4.93. The fourth-order valence-electron chi connectivity index (χ4n) is 1.31. The first-order valence-electron chi connectivity index (χ1n) is 4.93. The van der Waals surface area contributed by atoms with Gasteiger partial charge in [0.2, 0.25) is 0 Å². The van der Waals surface area contributed by atoms with E-state index >= 15 is 0 Å². The summed E-state index contributed by atoms with van der Waals surface area (Å²) < 4.78 is 12.6. The van der Waals surface area contributed by atoms with Crippen molar-refractivity contribution >= 4 is 6.15 Å². The molecule has 0 unspecified atom stereocenters. The van der Waals surface area contributed by atoms with E-state index < -0.39 is 11.2 Å². The largest absolute Gasteiger partial charge is 0.395 e. The third-order valence-electron chi connectivity index (χ3n) is 2.55. The molecule has 6 heteroatoms. The molecule has 1 heterocycles. The summed E-state index contributed by atoms with van der Waals surface area (Å²) in [5.41, 5.74) is -0.236. The molecule has 0 aliphatic rings. The molecule has 0 atom stereocenters. The molecule has 17 heavy (non-hydrogen) atoms. The van der Waals surface area contributed by atoms with Gasteiger partial charge in [-0.05, 0) is 18.6 Å². The van der Waals surface area contributed by atoms with Crippen LogP contribution in [0.15, 0.2) is 18.3 Å². The number of hydrogen-bond donors (Lipinski definition) is 2. The van der Waals surface area contributed by atoms with Gasteiger partial charge < -0.3 is 10.2 Å².